The fraction of sp³-hybridized carbons (Fsp3) is 0.0435. The number of ether oxygens (including phenoxy) is 2. The Morgan fingerprint density at radius 2 is 0.657 bits per heavy atom. The van der Waals surface area contributed by atoms with E-state index >= 15 is 0 Å². The summed E-state index contributed by atoms with van der Waals surface area (Å²) in [5.41, 5.74) is 5.43. The maximum atomic E-state index is 11.2. The van der Waals surface area contributed by atoms with E-state index in [9.17, 15) is 75.9 Å². The molecule has 11 rings (SSSR count). The van der Waals surface area contributed by atoms with Crippen LogP contribution in [0.25, 0.3) is 22.3 Å². The van der Waals surface area contributed by atoms with E-state index in [2.05, 4.69) is 56.6 Å². The number of phenolic OH excluding ortho intramolecular Hbond substituents is 1. The first-order chi connectivity index (χ1) is 48.8. The van der Waals surface area contributed by atoms with Crippen molar-refractivity contribution in [3.05, 3.63) is 375 Å². The fourth-order valence-corrected chi connectivity index (χ4v) is 8.91. The first kappa shape index (κ1) is 82.2. The Morgan fingerprint density at radius 3 is 1.00 bits per heavy atom. The third kappa shape index (κ3) is 31.1. The number of nitrogens with zero attached hydrogens (tertiary/aromatic N) is 8. The summed E-state index contributed by atoms with van der Waals surface area (Å²) in [7, 11) is 2.99. The van der Waals surface area contributed by atoms with Crippen LogP contribution in [-0.4, -0.2) is 69.5 Å². The molecule has 1 radical (unpaired) electrons. The van der Waals surface area contributed by atoms with E-state index in [4.69, 9.17) is 24.6 Å². The number of rotatable bonds is 17. The SMILES string of the molecule is O=[N+]([O-])c1cc(Br)cc(OCc2ccccc2)c1.O=[N+]([O-])c1cc(Br)cc([N+](=O)[O-])c1.O=[N+]([O-])c1cc(O)cc(-c2ccccc2)c1.O=[N+]([O-])c1cc(OCc2ccccc2)cc(-c2ccccc2)c1.O=[N+]([O-])c1cccc([N+](=O)[O-])c1.OB(O)c1ccccc1.OCc1ccccc1.[B]=NS. The van der Waals surface area contributed by atoms with E-state index in [0.29, 0.717) is 44.7 Å². The maximum absolute atomic E-state index is 11.2. The van der Waals surface area contributed by atoms with Gasteiger partial charge in [0.15, 0.2) is 0 Å². The second-order valence-electron chi connectivity index (χ2n) is 19.9. The van der Waals surface area contributed by atoms with Crippen LogP contribution in [0.5, 0.6) is 17.2 Å². The number of aliphatic hydroxyl groups is 1. The monoisotopic (exact) mass is 1530 g/mol. The van der Waals surface area contributed by atoms with Gasteiger partial charge in [-0.25, -0.2) is 0 Å². The number of nitro groups is 7. The van der Waals surface area contributed by atoms with Crippen LogP contribution in [0, 0.1) is 70.8 Å². The van der Waals surface area contributed by atoms with Crippen molar-refractivity contribution in [1.29, 1.82) is 0 Å². The van der Waals surface area contributed by atoms with Crippen molar-refractivity contribution in [1.82, 2.24) is 0 Å². The predicted octanol–water partition coefficient (Wildman–Crippen LogP) is 16.2. The van der Waals surface area contributed by atoms with Crippen molar-refractivity contribution >= 4 is 105 Å². The molecule has 0 aliphatic carbocycles. The van der Waals surface area contributed by atoms with Gasteiger partial charge in [-0.1, -0.05) is 214 Å². The van der Waals surface area contributed by atoms with Crippen LogP contribution in [0.4, 0.5) is 39.8 Å². The summed E-state index contributed by atoms with van der Waals surface area (Å²) in [6, 6.07) is 77.6. The van der Waals surface area contributed by atoms with Crippen LogP contribution in [-0.2, 0) is 19.8 Å². The van der Waals surface area contributed by atoms with Crippen LogP contribution < -0.4 is 14.9 Å². The Kier molecular flexibility index (Phi) is 35.9. The molecular formula is C69H57B2Br2N8O20S. The number of nitro benzene ring substituents is 7. The van der Waals surface area contributed by atoms with Crippen molar-refractivity contribution in [2.45, 2.75) is 19.8 Å². The molecule has 33 heteroatoms. The molecule has 28 nitrogen and oxygen atoms in total. The van der Waals surface area contributed by atoms with E-state index in [1.54, 1.807) is 36.4 Å². The minimum absolute atomic E-state index is 0.00689. The average Bonchev–Trinajstić information content (AvgIpc) is 0.839. The van der Waals surface area contributed by atoms with Gasteiger partial charge in [0.2, 0.25) is 0 Å². The second-order valence-corrected chi connectivity index (χ2v) is 22.0. The molecule has 4 N–H and O–H groups in total. The zero-order valence-corrected chi connectivity index (χ0v) is 57.0. The topological polar surface area (TPSA) is 414 Å². The Hall–Kier alpha value is -12.3. The van der Waals surface area contributed by atoms with Gasteiger partial charge in [0.1, 0.15) is 30.5 Å². The van der Waals surface area contributed by atoms with Crippen molar-refractivity contribution in [3.63, 3.8) is 0 Å². The number of aliphatic hydroxyl groups excluding tert-OH is 1. The van der Waals surface area contributed by atoms with Crippen molar-refractivity contribution in [2.75, 3.05) is 0 Å². The molecule has 0 bridgehead atoms. The zero-order valence-electron chi connectivity index (χ0n) is 52.9. The molecule has 0 unspecified atom stereocenters. The van der Waals surface area contributed by atoms with Crippen LogP contribution >= 0.6 is 44.7 Å². The summed E-state index contributed by atoms with van der Waals surface area (Å²) in [5.74, 6) is 0.856. The third-order valence-corrected chi connectivity index (χ3v) is 13.6. The Balaban J connectivity index is 0.000000257. The zero-order chi connectivity index (χ0) is 74.9. The molecule has 0 aliphatic heterocycles. The Labute approximate surface area is 604 Å². The predicted molar refractivity (Wildman–Crippen MR) is 394 cm³/mol. The molecule has 102 heavy (non-hydrogen) atoms. The number of hydrogen-bond acceptors (Lipinski definition) is 22. The number of benzene rings is 11. The summed E-state index contributed by atoms with van der Waals surface area (Å²) >= 11 is 9.36. The van der Waals surface area contributed by atoms with Crippen molar-refractivity contribution in [2.24, 2.45) is 4.30 Å². The summed E-state index contributed by atoms with van der Waals surface area (Å²) in [5, 5.41) is 108. The van der Waals surface area contributed by atoms with Gasteiger partial charge < -0.3 is 29.7 Å². The van der Waals surface area contributed by atoms with E-state index in [1.807, 2.05) is 164 Å². The molecule has 0 heterocycles. The van der Waals surface area contributed by atoms with Gasteiger partial charge in [0, 0.05) is 51.4 Å². The number of phenols is 1. The first-order valence-corrected chi connectivity index (χ1v) is 31.0. The van der Waals surface area contributed by atoms with Crippen LogP contribution in [0.2, 0.25) is 0 Å². The molecule has 0 saturated carbocycles. The van der Waals surface area contributed by atoms with Crippen LogP contribution in [0.1, 0.15) is 16.7 Å². The molecule has 0 spiro atoms. The summed E-state index contributed by atoms with van der Waals surface area (Å²) in [6.45, 7) is 0.894. The summed E-state index contributed by atoms with van der Waals surface area (Å²) in [4.78, 5) is 69.3. The molecule has 11 aromatic rings. The van der Waals surface area contributed by atoms with Gasteiger partial charge in [0.25, 0.3) is 39.8 Å². The fourth-order valence-electron chi connectivity index (χ4n) is 7.98. The third-order valence-electron chi connectivity index (χ3n) is 12.7. The van der Waals surface area contributed by atoms with Crippen LogP contribution in [0.3, 0.4) is 0 Å². The first-order valence-electron chi connectivity index (χ1n) is 29.1. The van der Waals surface area contributed by atoms with Crippen molar-refractivity contribution in [3.8, 4) is 39.5 Å². The average molecular weight is 1530 g/mol. The van der Waals surface area contributed by atoms with Crippen molar-refractivity contribution < 1.29 is 64.2 Å². The Morgan fingerprint density at radius 1 is 0.363 bits per heavy atom. The quantitative estimate of drug-likeness (QED) is 0.0245. The van der Waals surface area contributed by atoms with Gasteiger partial charge in [-0.3, -0.25) is 70.8 Å². The molecule has 0 aliphatic rings. The summed E-state index contributed by atoms with van der Waals surface area (Å²) in [6.07, 6.45) is 0. The number of halogens is 2. The van der Waals surface area contributed by atoms with E-state index in [-0.39, 0.29) is 52.2 Å². The van der Waals surface area contributed by atoms with Gasteiger partial charge in [-0.05, 0) is 68.7 Å². The number of aromatic hydroxyl groups is 1. The number of non-ortho nitro benzene ring substituents is 7. The second kappa shape index (κ2) is 44.6. The molecule has 0 aromatic heterocycles. The molecule has 0 atom stereocenters. The number of thiol groups is 1. The molecule has 0 saturated heterocycles. The van der Waals surface area contributed by atoms with Crippen LogP contribution in [0.15, 0.2) is 292 Å². The minimum atomic E-state index is -1.34. The molecule has 0 fully saturated rings. The molecule has 0 amide bonds. The normalized spacial score (nSPS) is 9.62. The Bertz CT molecular complexity index is 4460. The van der Waals surface area contributed by atoms with Gasteiger partial charge >= 0.3 is 31.9 Å². The molecule has 11 aromatic carbocycles. The molecular weight excluding hydrogens is 1470 g/mol. The van der Waals surface area contributed by atoms with Gasteiger partial charge in [0.05, 0.1) is 71.4 Å². The standard InChI is InChI=1S/C19H15NO3.C13H10BrNO3.C12H9NO3.C7H8O.C6H7BO2.C6H3BrN2O4.C6H4N2O4.BHNS/c21-20(22)18-11-17(16-9-5-2-6-10-16)12-19(13-18)23-14-15-7-3-1-4-8-15;14-11-6-12(15(16)17)8-13(7-11)18-9-10-4-2-1-3-5-10;14-12-7-10(6-11(8-12)13(15)16)9-4-2-1-3-5-9;8-6-7-4-2-1-3-5-7;8-7(9)6-4-2-1-3-5-6;7-4-1-5(8(10)11)3-6(2-4)9(12)13;9-7(10)5-2-1-3-6(4-5)8(11)12;1-2-3/h1-13H,14H2;1-8H,9H2;1-8,14H;1-5,8H,6H2;1-5,8-9H;1-3H;1-4H;3H. The van der Waals surface area contributed by atoms with Gasteiger partial charge in [-0.15, -0.1) is 0 Å². The van der Waals surface area contributed by atoms with E-state index in [0.717, 1.165) is 51.6 Å². The molecule has 519 valence electrons. The van der Waals surface area contributed by atoms with Gasteiger partial charge in [-0.2, -0.15) is 0 Å². The summed E-state index contributed by atoms with van der Waals surface area (Å²) < 4.78 is 14.9. The van der Waals surface area contributed by atoms with E-state index in [1.165, 1.54) is 60.7 Å². The number of hydrogen-bond donors (Lipinski definition) is 5. The van der Waals surface area contributed by atoms with E-state index < -0.39 is 41.6 Å².